The molecule has 0 bridgehead atoms. The Morgan fingerprint density at radius 1 is 1.00 bits per heavy atom. The maximum Gasteiger partial charge on any atom is 0.407 e. The molecular formula is C19H30N2O4. The van der Waals surface area contributed by atoms with Gasteiger partial charge < -0.3 is 20.1 Å². The van der Waals surface area contributed by atoms with Gasteiger partial charge in [-0.2, -0.15) is 0 Å². The third kappa shape index (κ3) is 10.3. The van der Waals surface area contributed by atoms with Crippen molar-refractivity contribution in [3.05, 3.63) is 24.3 Å². The van der Waals surface area contributed by atoms with Gasteiger partial charge in [-0.05, 0) is 57.9 Å². The monoisotopic (exact) mass is 350 g/mol. The summed E-state index contributed by atoms with van der Waals surface area (Å²) in [7, 11) is 1.61. The lowest BCUT2D eigenvalue weighted by Crippen LogP contribution is -2.32. The number of methoxy groups -OCH3 is 1. The minimum atomic E-state index is -0.471. The number of carbonyl (C=O) groups is 2. The number of alkyl carbamates (subject to hydrolysis) is 1. The fourth-order valence-corrected chi connectivity index (χ4v) is 2.17. The molecule has 2 N–H and O–H groups in total. The second kappa shape index (κ2) is 10.6. The summed E-state index contributed by atoms with van der Waals surface area (Å²) in [5.41, 5.74) is 0.300. The molecule has 0 aliphatic rings. The Labute approximate surface area is 150 Å². The molecule has 6 nitrogen and oxygen atoms in total. The Bertz CT molecular complexity index is 535. The van der Waals surface area contributed by atoms with Crippen LogP contribution in [0, 0.1) is 0 Å². The van der Waals surface area contributed by atoms with Crippen molar-refractivity contribution in [3.8, 4) is 5.75 Å². The summed E-state index contributed by atoms with van der Waals surface area (Å²) in [4.78, 5) is 23.3. The van der Waals surface area contributed by atoms with Gasteiger partial charge in [-0.3, -0.25) is 4.79 Å². The van der Waals surface area contributed by atoms with Gasteiger partial charge in [-0.25, -0.2) is 4.79 Å². The zero-order valence-electron chi connectivity index (χ0n) is 15.7. The Morgan fingerprint density at radius 2 is 1.64 bits per heavy atom. The molecule has 140 valence electrons. The van der Waals surface area contributed by atoms with Crippen molar-refractivity contribution < 1.29 is 19.1 Å². The van der Waals surface area contributed by atoms with Gasteiger partial charge in [0.15, 0.2) is 0 Å². The first-order valence-electron chi connectivity index (χ1n) is 8.71. The molecule has 1 rings (SSSR count). The normalized spacial score (nSPS) is 10.9. The van der Waals surface area contributed by atoms with Gasteiger partial charge in [0.1, 0.15) is 11.4 Å². The van der Waals surface area contributed by atoms with Crippen LogP contribution in [0.5, 0.6) is 5.75 Å². The second-order valence-electron chi connectivity index (χ2n) is 6.87. The molecule has 0 aromatic heterocycles. The molecule has 0 aliphatic heterocycles. The summed E-state index contributed by atoms with van der Waals surface area (Å²) in [6.07, 6.45) is 3.73. The minimum Gasteiger partial charge on any atom is -0.497 e. The van der Waals surface area contributed by atoms with E-state index < -0.39 is 5.60 Å². The lowest BCUT2D eigenvalue weighted by atomic mass is 10.1. The fraction of sp³-hybridized carbons (Fsp3) is 0.579. The van der Waals surface area contributed by atoms with Crippen molar-refractivity contribution in [3.63, 3.8) is 0 Å². The Hall–Kier alpha value is -2.24. The molecule has 1 aromatic rings. The SMILES string of the molecule is COc1ccc(NC(=O)CCCCCCNC(=O)OC(C)(C)C)cc1. The number of amides is 2. The summed E-state index contributed by atoms with van der Waals surface area (Å²) < 4.78 is 10.2. The van der Waals surface area contributed by atoms with Gasteiger partial charge in [-0.1, -0.05) is 12.8 Å². The zero-order valence-corrected chi connectivity index (χ0v) is 15.7. The number of benzene rings is 1. The van der Waals surface area contributed by atoms with Crippen molar-refractivity contribution in [2.75, 3.05) is 19.0 Å². The predicted octanol–water partition coefficient (Wildman–Crippen LogP) is 4.11. The van der Waals surface area contributed by atoms with Gasteiger partial charge in [0.25, 0.3) is 0 Å². The molecule has 0 spiro atoms. The molecule has 0 unspecified atom stereocenters. The van der Waals surface area contributed by atoms with Gasteiger partial charge >= 0.3 is 6.09 Å². The highest BCUT2D eigenvalue weighted by atomic mass is 16.6. The Balaban J connectivity index is 2.05. The number of hydrogen-bond acceptors (Lipinski definition) is 4. The van der Waals surface area contributed by atoms with E-state index >= 15 is 0 Å². The van der Waals surface area contributed by atoms with E-state index in [1.165, 1.54) is 0 Å². The maximum atomic E-state index is 11.9. The van der Waals surface area contributed by atoms with Crippen molar-refractivity contribution >= 4 is 17.7 Å². The van der Waals surface area contributed by atoms with Crippen LogP contribution >= 0.6 is 0 Å². The van der Waals surface area contributed by atoms with E-state index in [1.807, 2.05) is 45.0 Å². The van der Waals surface area contributed by atoms with Crippen LogP contribution in [0.4, 0.5) is 10.5 Å². The summed E-state index contributed by atoms with van der Waals surface area (Å²) in [5.74, 6) is 0.773. The van der Waals surface area contributed by atoms with E-state index in [9.17, 15) is 9.59 Å². The van der Waals surface area contributed by atoms with Crippen molar-refractivity contribution in [2.24, 2.45) is 0 Å². The molecule has 0 fully saturated rings. The van der Waals surface area contributed by atoms with Gasteiger partial charge in [0, 0.05) is 18.7 Å². The fourth-order valence-electron chi connectivity index (χ4n) is 2.17. The van der Waals surface area contributed by atoms with Crippen molar-refractivity contribution in [2.45, 2.75) is 58.5 Å². The molecule has 2 amide bonds. The first kappa shape index (κ1) is 20.8. The van der Waals surface area contributed by atoms with Crippen LogP contribution in [0.3, 0.4) is 0 Å². The number of rotatable bonds is 9. The predicted molar refractivity (Wildman–Crippen MR) is 98.9 cm³/mol. The lowest BCUT2D eigenvalue weighted by Gasteiger charge is -2.19. The minimum absolute atomic E-state index is 0.0112. The van der Waals surface area contributed by atoms with Crippen LogP contribution < -0.4 is 15.4 Å². The largest absolute Gasteiger partial charge is 0.497 e. The summed E-state index contributed by atoms with van der Waals surface area (Å²) in [6, 6.07) is 7.26. The van der Waals surface area contributed by atoms with E-state index in [0.29, 0.717) is 13.0 Å². The van der Waals surface area contributed by atoms with Crippen molar-refractivity contribution in [1.82, 2.24) is 5.32 Å². The number of ether oxygens (including phenoxy) is 2. The number of carbonyl (C=O) groups excluding carboxylic acids is 2. The van der Waals surface area contributed by atoms with Crippen LogP contribution in [0.15, 0.2) is 24.3 Å². The first-order valence-corrected chi connectivity index (χ1v) is 8.71. The van der Waals surface area contributed by atoms with Crippen LogP contribution in [0.25, 0.3) is 0 Å². The highest BCUT2D eigenvalue weighted by Gasteiger charge is 2.15. The summed E-state index contributed by atoms with van der Waals surface area (Å²) in [5, 5.41) is 5.59. The van der Waals surface area contributed by atoms with Gasteiger partial charge in [0.05, 0.1) is 7.11 Å². The van der Waals surface area contributed by atoms with Gasteiger partial charge in [0.2, 0.25) is 5.91 Å². The van der Waals surface area contributed by atoms with E-state index in [0.717, 1.165) is 37.1 Å². The maximum absolute atomic E-state index is 11.9. The third-order valence-corrected chi connectivity index (χ3v) is 3.37. The van der Waals surface area contributed by atoms with E-state index in [1.54, 1.807) is 7.11 Å². The van der Waals surface area contributed by atoms with E-state index in [4.69, 9.17) is 9.47 Å². The van der Waals surface area contributed by atoms with E-state index in [2.05, 4.69) is 10.6 Å². The number of hydrogen-bond donors (Lipinski definition) is 2. The van der Waals surface area contributed by atoms with Crippen molar-refractivity contribution in [1.29, 1.82) is 0 Å². The highest BCUT2D eigenvalue weighted by molar-refractivity contribution is 5.90. The standard InChI is InChI=1S/C19H30N2O4/c1-19(2,3)25-18(23)20-14-8-6-5-7-9-17(22)21-15-10-12-16(24-4)13-11-15/h10-13H,5-9,14H2,1-4H3,(H,20,23)(H,21,22). The second-order valence-corrected chi connectivity index (χ2v) is 6.87. The highest BCUT2D eigenvalue weighted by Crippen LogP contribution is 2.15. The topological polar surface area (TPSA) is 76.7 Å². The zero-order chi connectivity index (χ0) is 18.7. The quantitative estimate of drug-likeness (QED) is 0.657. The molecule has 0 saturated heterocycles. The number of anilines is 1. The van der Waals surface area contributed by atoms with Gasteiger partial charge in [-0.15, -0.1) is 0 Å². The Kier molecular flexibility index (Phi) is 8.81. The molecular weight excluding hydrogens is 320 g/mol. The molecule has 0 saturated carbocycles. The molecule has 0 heterocycles. The summed E-state index contributed by atoms with van der Waals surface area (Å²) in [6.45, 7) is 6.10. The van der Waals surface area contributed by atoms with Crippen LogP contribution in [0.2, 0.25) is 0 Å². The smallest absolute Gasteiger partial charge is 0.407 e. The molecule has 0 radical (unpaired) electrons. The average molecular weight is 350 g/mol. The Morgan fingerprint density at radius 3 is 2.24 bits per heavy atom. The number of nitrogens with one attached hydrogen (secondary N) is 2. The molecule has 0 atom stereocenters. The van der Waals surface area contributed by atoms with Crippen LogP contribution in [0.1, 0.15) is 52.9 Å². The molecule has 0 aliphatic carbocycles. The van der Waals surface area contributed by atoms with Crippen LogP contribution in [-0.2, 0) is 9.53 Å². The van der Waals surface area contributed by atoms with Crippen LogP contribution in [-0.4, -0.2) is 31.3 Å². The third-order valence-electron chi connectivity index (χ3n) is 3.37. The molecule has 1 aromatic carbocycles. The number of unbranched alkanes of at least 4 members (excludes halogenated alkanes) is 3. The van der Waals surface area contributed by atoms with E-state index in [-0.39, 0.29) is 12.0 Å². The first-order chi connectivity index (χ1) is 11.8. The molecule has 25 heavy (non-hydrogen) atoms. The summed E-state index contributed by atoms with van der Waals surface area (Å²) >= 11 is 0. The molecule has 6 heteroatoms. The average Bonchev–Trinajstić information content (AvgIpc) is 2.53. The lowest BCUT2D eigenvalue weighted by molar-refractivity contribution is -0.116.